The van der Waals surface area contributed by atoms with Gasteiger partial charge in [0.1, 0.15) is 0 Å². The molecule has 0 aromatic carbocycles. The Morgan fingerprint density at radius 2 is 1.75 bits per heavy atom. The molecule has 5 rings (SSSR count). The van der Waals surface area contributed by atoms with Crippen LogP contribution in [-0.2, 0) is 14.4 Å². The summed E-state index contributed by atoms with van der Waals surface area (Å²) in [5.74, 6) is 2.90. The molecule has 0 N–H and O–H groups in total. The molecule has 0 unspecified atom stereocenters. The maximum absolute atomic E-state index is 12.5. The molecule has 0 amide bonds. The van der Waals surface area contributed by atoms with Gasteiger partial charge in [0.05, 0.1) is 11.6 Å². The first-order valence-electron chi connectivity index (χ1n) is 13.3. The number of hydrogen-bond acceptors (Lipinski definition) is 4. The molecule has 4 heteroatoms. The third-order valence-corrected chi connectivity index (χ3v) is 10.7. The largest absolute Gasteiger partial charge is 0.338 e. The molecular formula is C28H41NO3. The molecule has 32 heavy (non-hydrogen) atoms. The quantitative estimate of drug-likeness (QED) is 0.281. The second-order valence-corrected chi connectivity index (χ2v) is 12.1. The Hall–Kier alpha value is -1.45. The van der Waals surface area contributed by atoms with Gasteiger partial charge in [-0.05, 0) is 99.4 Å². The van der Waals surface area contributed by atoms with E-state index in [1.54, 1.807) is 0 Å². The first kappa shape index (κ1) is 22.3. The van der Waals surface area contributed by atoms with Crippen LogP contribution in [0.2, 0.25) is 0 Å². The summed E-state index contributed by atoms with van der Waals surface area (Å²) < 4.78 is 0. The minimum Gasteiger partial charge on any atom is -0.318 e. The molecule has 4 nitrogen and oxygen atoms in total. The summed E-state index contributed by atoms with van der Waals surface area (Å²) in [4.78, 5) is 30.1. The lowest BCUT2D eigenvalue weighted by Crippen LogP contribution is -2.51. The molecule has 0 heterocycles. The third kappa shape index (κ3) is 3.60. The summed E-state index contributed by atoms with van der Waals surface area (Å²) in [5, 5.41) is 4.43. The fourth-order valence-electron chi connectivity index (χ4n) is 8.84. The van der Waals surface area contributed by atoms with Crippen molar-refractivity contribution in [3.8, 4) is 0 Å². The normalized spacial score (nSPS) is 42.5. The van der Waals surface area contributed by atoms with Crippen molar-refractivity contribution in [2.24, 2.45) is 45.6 Å². The van der Waals surface area contributed by atoms with E-state index in [0.717, 1.165) is 62.5 Å². The van der Waals surface area contributed by atoms with Gasteiger partial charge < -0.3 is 4.84 Å². The molecule has 0 spiro atoms. The molecular weight excluding hydrogens is 398 g/mol. The molecule has 6 atom stereocenters. The SMILES string of the molecule is C/C(=N\OC(=O)C1CCCCC1)[C@H]1CC[C@H]2[C@@H]3CCC4=CC(=O)CC[C@]4(C)[C@H]3CC[C@]12C. The van der Waals surface area contributed by atoms with E-state index in [1.165, 1.54) is 44.1 Å². The summed E-state index contributed by atoms with van der Waals surface area (Å²) in [6, 6.07) is 0. The van der Waals surface area contributed by atoms with E-state index in [1.807, 2.05) is 6.08 Å². The highest BCUT2D eigenvalue weighted by molar-refractivity contribution is 5.91. The maximum Gasteiger partial charge on any atom is 0.338 e. The Kier molecular flexibility index (Phi) is 5.87. The average molecular weight is 440 g/mol. The molecule has 0 aromatic heterocycles. The van der Waals surface area contributed by atoms with Crippen LogP contribution in [-0.4, -0.2) is 17.5 Å². The first-order valence-corrected chi connectivity index (χ1v) is 13.3. The van der Waals surface area contributed by atoms with Gasteiger partial charge in [-0.15, -0.1) is 0 Å². The van der Waals surface area contributed by atoms with Crippen LogP contribution in [0.5, 0.6) is 0 Å². The van der Waals surface area contributed by atoms with Gasteiger partial charge in [0.2, 0.25) is 0 Å². The lowest BCUT2D eigenvalue weighted by atomic mass is 9.46. The fraction of sp³-hybridized carbons (Fsp3) is 0.821. The van der Waals surface area contributed by atoms with Crippen LogP contribution in [0.1, 0.15) is 104 Å². The minimum absolute atomic E-state index is 0.0512. The van der Waals surface area contributed by atoms with E-state index in [4.69, 9.17) is 4.84 Å². The van der Waals surface area contributed by atoms with Crippen LogP contribution in [0.4, 0.5) is 0 Å². The van der Waals surface area contributed by atoms with E-state index >= 15 is 0 Å². The van der Waals surface area contributed by atoms with Gasteiger partial charge in [-0.25, -0.2) is 4.79 Å². The molecule has 4 fully saturated rings. The fourth-order valence-corrected chi connectivity index (χ4v) is 8.84. The molecule has 4 saturated carbocycles. The lowest BCUT2D eigenvalue weighted by molar-refractivity contribution is -0.149. The topological polar surface area (TPSA) is 55.7 Å². The average Bonchev–Trinajstić information content (AvgIpc) is 3.15. The van der Waals surface area contributed by atoms with Crippen LogP contribution < -0.4 is 0 Å². The summed E-state index contributed by atoms with van der Waals surface area (Å²) in [7, 11) is 0. The van der Waals surface area contributed by atoms with Crippen LogP contribution in [0, 0.1) is 40.4 Å². The van der Waals surface area contributed by atoms with E-state index in [2.05, 4.69) is 25.9 Å². The van der Waals surface area contributed by atoms with E-state index in [0.29, 0.717) is 17.6 Å². The minimum atomic E-state index is -0.112. The van der Waals surface area contributed by atoms with Gasteiger partial charge in [0.25, 0.3) is 0 Å². The third-order valence-electron chi connectivity index (χ3n) is 10.7. The van der Waals surface area contributed by atoms with E-state index in [-0.39, 0.29) is 22.7 Å². The van der Waals surface area contributed by atoms with Crippen molar-refractivity contribution in [1.29, 1.82) is 0 Å². The smallest absolute Gasteiger partial charge is 0.318 e. The van der Waals surface area contributed by atoms with Crippen molar-refractivity contribution in [2.45, 2.75) is 104 Å². The highest BCUT2D eigenvalue weighted by Crippen LogP contribution is 2.66. The number of fused-ring (bicyclic) bond motifs is 5. The molecule has 5 aliphatic rings. The Morgan fingerprint density at radius 1 is 0.969 bits per heavy atom. The number of carbonyl (C=O) groups is 2. The van der Waals surface area contributed by atoms with Crippen molar-refractivity contribution in [3.05, 3.63) is 11.6 Å². The number of hydrogen-bond donors (Lipinski definition) is 0. The second kappa shape index (κ2) is 8.40. The van der Waals surface area contributed by atoms with Gasteiger partial charge in [-0.3, -0.25) is 4.79 Å². The zero-order chi connectivity index (χ0) is 22.5. The summed E-state index contributed by atoms with van der Waals surface area (Å²) in [6.07, 6.45) is 16.5. The summed E-state index contributed by atoms with van der Waals surface area (Å²) >= 11 is 0. The number of rotatable bonds is 3. The van der Waals surface area contributed by atoms with Crippen molar-refractivity contribution >= 4 is 17.5 Å². The Bertz CT molecular complexity index is 838. The number of oxime groups is 1. The van der Waals surface area contributed by atoms with Crippen molar-refractivity contribution in [3.63, 3.8) is 0 Å². The van der Waals surface area contributed by atoms with Crippen molar-refractivity contribution < 1.29 is 14.4 Å². The lowest BCUT2D eigenvalue weighted by Gasteiger charge is -2.58. The highest BCUT2D eigenvalue weighted by atomic mass is 16.7. The summed E-state index contributed by atoms with van der Waals surface area (Å²) in [6.45, 7) is 7.04. The van der Waals surface area contributed by atoms with E-state index in [9.17, 15) is 9.59 Å². The van der Waals surface area contributed by atoms with Crippen LogP contribution in [0.25, 0.3) is 0 Å². The Labute approximate surface area is 193 Å². The maximum atomic E-state index is 12.5. The molecule has 0 aromatic rings. The van der Waals surface area contributed by atoms with Crippen molar-refractivity contribution in [1.82, 2.24) is 0 Å². The standard InChI is InChI=1S/C28H41NO3/c1-18(29-32-26(31)19-7-5-4-6-8-19)23-11-12-24-22-10-9-20-17-21(30)13-15-27(20,2)25(22)14-16-28(23,24)3/h17,19,22-25H,4-16H2,1-3H3/b29-18+/t22-,23+,24-,25-,27-,28+/m0/s1. The van der Waals surface area contributed by atoms with Crippen LogP contribution >= 0.6 is 0 Å². The zero-order valence-electron chi connectivity index (χ0n) is 20.3. The Morgan fingerprint density at radius 3 is 2.53 bits per heavy atom. The zero-order valence-corrected chi connectivity index (χ0v) is 20.3. The monoisotopic (exact) mass is 439 g/mol. The van der Waals surface area contributed by atoms with Crippen molar-refractivity contribution in [2.75, 3.05) is 0 Å². The summed E-state index contributed by atoms with van der Waals surface area (Å²) in [5.41, 5.74) is 2.96. The predicted molar refractivity (Wildman–Crippen MR) is 126 cm³/mol. The van der Waals surface area contributed by atoms with Gasteiger partial charge in [-0.2, -0.15) is 0 Å². The van der Waals surface area contributed by atoms with E-state index < -0.39 is 0 Å². The number of nitrogens with zero attached hydrogens (tertiary/aromatic N) is 1. The molecule has 176 valence electrons. The van der Waals surface area contributed by atoms with Gasteiger partial charge in [0, 0.05) is 12.3 Å². The molecule has 0 radical (unpaired) electrons. The number of carbonyl (C=O) groups excluding carboxylic acids is 2. The molecule has 0 saturated heterocycles. The van der Waals surface area contributed by atoms with Crippen LogP contribution in [0.15, 0.2) is 16.8 Å². The van der Waals surface area contributed by atoms with Gasteiger partial charge >= 0.3 is 5.97 Å². The number of allylic oxidation sites excluding steroid dienone is 1. The molecule has 5 aliphatic carbocycles. The van der Waals surface area contributed by atoms with Crippen LogP contribution in [0.3, 0.4) is 0 Å². The number of ketones is 1. The van der Waals surface area contributed by atoms with Gasteiger partial charge in [0.15, 0.2) is 5.78 Å². The Balaban J connectivity index is 1.30. The second-order valence-electron chi connectivity index (χ2n) is 12.1. The first-order chi connectivity index (χ1) is 15.3. The highest BCUT2D eigenvalue weighted by Gasteiger charge is 2.59. The molecule has 0 aliphatic heterocycles. The van der Waals surface area contributed by atoms with Gasteiger partial charge in [-0.1, -0.05) is 43.8 Å². The predicted octanol–water partition coefficient (Wildman–Crippen LogP) is 6.63. The molecule has 0 bridgehead atoms.